The summed E-state index contributed by atoms with van der Waals surface area (Å²) in [6, 6.07) is 0. The Kier molecular flexibility index (Phi) is 2.08. The Hall–Kier alpha value is -1.27. The molecule has 0 bridgehead atoms. The molecule has 0 fully saturated rings. The van der Waals surface area contributed by atoms with Gasteiger partial charge in [0.2, 0.25) is 0 Å². The minimum atomic E-state index is 0.299. The lowest BCUT2D eigenvalue weighted by Gasteiger charge is -1.99. The summed E-state index contributed by atoms with van der Waals surface area (Å²) in [4.78, 5) is 6.67. The zero-order valence-corrected chi connectivity index (χ0v) is 10.3. The SMILES string of the molecule is Cc1sc2nc(CCl)n3nnnc3c2c1C. The molecule has 3 heterocycles. The van der Waals surface area contributed by atoms with Gasteiger partial charge in [0.15, 0.2) is 11.5 Å². The summed E-state index contributed by atoms with van der Waals surface area (Å²) in [5.74, 6) is 0.975. The Balaban J connectivity index is 2.59. The number of rotatable bonds is 1. The topological polar surface area (TPSA) is 56.0 Å². The van der Waals surface area contributed by atoms with Gasteiger partial charge in [-0.1, -0.05) is 0 Å². The molecule has 7 heteroatoms. The second-order valence-electron chi connectivity index (χ2n) is 3.54. The number of aromatic nitrogens is 5. The maximum absolute atomic E-state index is 5.84. The summed E-state index contributed by atoms with van der Waals surface area (Å²) < 4.78 is 1.61. The molecule has 0 saturated carbocycles. The molecule has 0 amide bonds. The van der Waals surface area contributed by atoms with Crippen LogP contribution >= 0.6 is 22.9 Å². The molecule has 0 radical (unpaired) electrons. The lowest BCUT2D eigenvalue weighted by atomic mass is 10.2. The van der Waals surface area contributed by atoms with Gasteiger partial charge in [0.1, 0.15) is 4.83 Å². The van der Waals surface area contributed by atoms with E-state index < -0.39 is 0 Å². The van der Waals surface area contributed by atoms with Gasteiger partial charge in [0, 0.05) is 4.88 Å². The van der Waals surface area contributed by atoms with Gasteiger partial charge in [-0.25, -0.2) is 4.98 Å². The molecule has 3 rings (SSSR count). The molecule has 5 nitrogen and oxygen atoms in total. The summed E-state index contributed by atoms with van der Waals surface area (Å²) in [5.41, 5.74) is 1.93. The van der Waals surface area contributed by atoms with Crippen LogP contribution in [0.1, 0.15) is 16.3 Å². The van der Waals surface area contributed by atoms with Crippen LogP contribution in [0.4, 0.5) is 0 Å². The van der Waals surface area contributed by atoms with Gasteiger partial charge in [-0.2, -0.15) is 4.52 Å². The van der Waals surface area contributed by atoms with Crippen LogP contribution in [0.2, 0.25) is 0 Å². The first-order valence-electron chi connectivity index (χ1n) is 4.75. The molecule has 16 heavy (non-hydrogen) atoms. The third-order valence-electron chi connectivity index (χ3n) is 2.65. The molecule has 0 aliphatic rings. The van der Waals surface area contributed by atoms with Crippen LogP contribution in [0, 0.1) is 13.8 Å². The minimum Gasteiger partial charge on any atom is -0.220 e. The third kappa shape index (κ3) is 1.17. The van der Waals surface area contributed by atoms with Crippen molar-refractivity contribution in [2.45, 2.75) is 19.7 Å². The van der Waals surface area contributed by atoms with Gasteiger partial charge in [-0.3, -0.25) is 0 Å². The number of halogens is 1. The maximum atomic E-state index is 5.84. The van der Waals surface area contributed by atoms with Crippen LogP contribution in [0.25, 0.3) is 15.9 Å². The zero-order valence-electron chi connectivity index (χ0n) is 8.73. The van der Waals surface area contributed by atoms with Crippen molar-refractivity contribution in [2.24, 2.45) is 0 Å². The predicted molar refractivity (Wildman–Crippen MR) is 63.0 cm³/mol. The molecule has 3 aromatic heterocycles. The first-order chi connectivity index (χ1) is 7.72. The summed E-state index contributed by atoms with van der Waals surface area (Å²) in [7, 11) is 0. The molecule has 0 atom stereocenters. The van der Waals surface area contributed by atoms with Gasteiger partial charge in [-0.15, -0.1) is 28.0 Å². The highest BCUT2D eigenvalue weighted by molar-refractivity contribution is 7.18. The number of aryl methyl sites for hydroxylation is 2. The van der Waals surface area contributed by atoms with Gasteiger partial charge in [0.25, 0.3) is 0 Å². The minimum absolute atomic E-state index is 0.299. The molecule has 0 saturated heterocycles. The Morgan fingerprint density at radius 1 is 1.38 bits per heavy atom. The molecule has 3 aromatic rings. The average molecular weight is 254 g/mol. The first kappa shape index (κ1) is 9.92. The molecule has 0 spiro atoms. The Bertz CT molecular complexity index is 686. The number of hydrogen-bond donors (Lipinski definition) is 0. The van der Waals surface area contributed by atoms with Crippen LogP contribution < -0.4 is 0 Å². The fraction of sp³-hybridized carbons (Fsp3) is 0.333. The molecule has 0 unspecified atom stereocenters. The van der Waals surface area contributed by atoms with Crippen molar-refractivity contribution in [3.05, 3.63) is 16.3 Å². The van der Waals surface area contributed by atoms with Crippen molar-refractivity contribution in [3.8, 4) is 0 Å². The van der Waals surface area contributed by atoms with E-state index in [-0.39, 0.29) is 0 Å². The molecule has 82 valence electrons. The van der Waals surface area contributed by atoms with Crippen molar-refractivity contribution in [2.75, 3.05) is 0 Å². The summed E-state index contributed by atoms with van der Waals surface area (Å²) in [6.07, 6.45) is 0. The van der Waals surface area contributed by atoms with E-state index in [1.54, 1.807) is 15.9 Å². The van der Waals surface area contributed by atoms with E-state index in [1.807, 2.05) is 0 Å². The lowest BCUT2D eigenvalue weighted by Crippen LogP contribution is -2.00. The normalized spacial score (nSPS) is 11.7. The molecule has 0 aliphatic heterocycles. The van der Waals surface area contributed by atoms with E-state index >= 15 is 0 Å². The zero-order chi connectivity index (χ0) is 11.3. The van der Waals surface area contributed by atoms with Crippen LogP contribution in [-0.4, -0.2) is 25.0 Å². The van der Waals surface area contributed by atoms with E-state index in [0.717, 1.165) is 15.9 Å². The standard InChI is InChI=1S/C9H8ClN5S/c1-4-5(2)16-9-7(4)8-12-13-14-15(8)6(3-10)11-9/h3H2,1-2H3. The van der Waals surface area contributed by atoms with Crippen molar-refractivity contribution < 1.29 is 0 Å². The third-order valence-corrected chi connectivity index (χ3v) is 3.99. The Morgan fingerprint density at radius 3 is 2.94 bits per heavy atom. The van der Waals surface area contributed by atoms with Crippen molar-refractivity contribution in [3.63, 3.8) is 0 Å². The van der Waals surface area contributed by atoms with Gasteiger partial charge in [-0.05, 0) is 29.8 Å². The number of alkyl halides is 1. The number of hydrogen-bond acceptors (Lipinski definition) is 5. The fourth-order valence-electron chi connectivity index (χ4n) is 1.72. The van der Waals surface area contributed by atoms with Crippen molar-refractivity contribution >= 4 is 38.8 Å². The smallest absolute Gasteiger partial charge is 0.191 e. The van der Waals surface area contributed by atoms with E-state index in [1.165, 1.54) is 10.4 Å². The second kappa shape index (κ2) is 3.36. The maximum Gasteiger partial charge on any atom is 0.191 e. The molecule has 0 aromatic carbocycles. The molecule has 0 N–H and O–H groups in total. The highest BCUT2D eigenvalue weighted by Crippen LogP contribution is 2.31. The number of tetrazole rings is 1. The molecular weight excluding hydrogens is 246 g/mol. The summed E-state index contributed by atoms with van der Waals surface area (Å²) >= 11 is 7.48. The van der Waals surface area contributed by atoms with E-state index in [2.05, 4.69) is 34.4 Å². The van der Waals surface area contributed by atoms with Crippen LogP contribution in [-0.2, 0) is 5.88 Å². The van der Waals surface area contributed by atoms with Crippen LogP contribution in [0.5, 0.6) is 0 Å². The largest absolute Gasteiger partial charge is 0.220 e. The Morgan fingerprint density at radius 2 is 2.19 bits per heavy atom. The number of fused-ring (bicyclic) bond motifs is 3. The monoisotopic (exact) mass is 253 g/mol. The molecule has 0 aliphatic carbocycles. The number of nitrogens with zero attached hydrogens (tertiary/aromatic N) is 5. The van der Waals surface area contributed by atoms with Gasteiger partial charge in [0.05, 0.1) is 11.3 Å². The quantitative estimate of drug-likeness (QED) is 0.623. The van der Waals surface area contributed by atoms with E-state index in [9.17, 15) is 0 Å². The number of thiophene rings is 1. The molecular formula is C9H8ClN5S. The highest BCUT2D eigenvalue weighted by Gasteiger charge is 2.15. The average Bonchev–Trinajstić information content (AvgIpc) is 2.84. The summed E-state index contributed by atoms with van der Waals surface area (Å²) in [6.45, 7) is 4.13. The Labute approximate surface area is 100 Å². The van der Waals surface area contributed by atoms with Gasteiger partial charge < -0.3 is 0 Å². The first-order valence-corrected chi connectivity index (χ1v) is 6.10. The van der Waals surface area contributed by atoms with Gasteiger partial charge >= 0.3 is 0 Å². The van der Waals surface area contributed by atoms with Crippen LogP contribution in [0.15, 0.2) is 0 Å². The fourth-order valence-corrected chi connectivity index (χ4v) is 2.93. The highest BCUT2D eigenvalue weighted by atomic mass is 35.5. The van der Waals surface area contributed by atoms with Crippen LogP contribution in [0.3, 0.4) is 0 Å². The summed E-state index contributed by atoms with van der Waals surface area (Å²) in [5, 5.41) is 12.7. The van der Waals surface area contributed by atoms with Crippen molar-refractivity contribution in [1.29, 1.82) is 0 Å². The van der Waals surface area contributed by atoms with E-state index in [4.69, 9.17) is 11.6 Å². The predicted octanol–water partition coefficient (Wildman–Crippen LogP) is 2.09. The lowest BCUT2D eigenvalue weighted by molar-refractivity contribution is 0.781. The van der Waals surface area contributed by atoms with E-state index in [0.29, 0.717) is 11.7 Å². The second-order valence-corrected chi connectivity index (χ2v) is 5.01. The van der Waals surface area contributed by atoms with Crippen molar-refractivity contribution in [1.82, 2.24) is 25.0 Å².